The number of ether oxygens (including phenoxy) is 4. The van der Waals surface area contributed by atoms with Gasteiger partial charge in [-0.25, -0.2) is 0 Å². The monoisotopic (exact) mass is 610 g/mol. The number of phenols is 3. The van der Waals surface area contributed by atoms with Crippen LogP contribution in [0.2, 0.25) is 0 Å². The summed E-state index contributed by atoms with van der Waals surface area (Å²) in [6.45, 7) is 0.650. The maximum absolute atomic E-state index is 13.7. The van der Waals surface area contributed by atoms with Gasteiger partial charge in [-0.3, -0.25) is 4.79 Å². The van der Waals surface area contributed by atoms with Gasteiger partial charge in [0, 0.05) is 17.7 Å². The van der Waals surface area contributed by atoms with Crippen molar-refractivity contribution in [2.75, 3.05) is 6.61 Å². The molecule has 2 aliphatic heterocycles. The van der Waals surface area contributed by atoms with Gasteiger partial charge in [0.2, 0.25) is 23.8 Å². The molecule has 2 aromatic carbocycles. The van der Waals surface area contributed by atoms with Gasteiger partial charge in [-0.1, -0.05) is 0 Å². The number of hydrogen-bond donors (Lipinski definition) is 10. The Balaban J connectivity index is 1.61. The zero-order valence-electron chi connectivity index (χ0n) is 22.3. The lowest BCUT2D eigenvalue weighted by Crippen LogP contribution is -2.60. The number of aliphatic hydroxyl groups excluding tert-OH is 7. The lowest BCUT2D eigenvalue weighted by atomic mass is 9.99. The first kappa shape index (κ1) is 30.7. The molecule has 43 heavy (non-hydrogen) atoms. The van der Waals surface area contributed by atoms with Gasteiger partial charge in [0.25, 0.3) is 0 Å². The number of benzene rings is 2. The number of aromatic hydroxyl groups is 3. The summed E-state index contributed by atoms with van der Waals surface area (Å²) in [4.78, 5) is 13.7. The van der Waals surface area contributed by atoms with E-state index in [1.54, 1.807) is 0 Å². The molecule has 2 saturated heterocycles. The van der Waals surface area contributed by atoms with E-state index in [4.69, 9.17) is 23.4 Å². The average Bonchev–Trinajstić information content (AvgIpc) is 2.97. The molecule has 234 valence electrons. The van der Waals surface area contributed by atoms with E-state index in [0.717, 1.165) is 24.3 Å². The van der Waals surface area contributed by atoms with Crippen molar-refractivity contribution < 1.29 is 74.4 Å². The first-order valence-corrected chi connectivity index (χ1v) is 13.0. The summed E-state index contributed by atoms with van der Waals surface area (Å²) >= 11 is 0. The van der Waals surface area contributed by atoms with Crippen LogP contribution in [-0.4, -0.2) is 119 Å². The van der Waals surface area contributed by atoms with Crippen LogP contribution in [0.4, 0.5) is 0 Å². The van der Waals surface area contributed by atoms with E-state index in [1.165, 1.54) is 13.0 Å². The Bertz CT molecular complexity index is 1540. The van der Waals surface area contributed by atoms with Crippen molar-refractivity contribution in [2.24, 2.45) is 0 Å². The van der Waals surface area contributed by atoms with E-state index in [2.05, 4.69) is 0 Å². The van der Waals surface area contributed by atoms with E-state index in [1.807, 2.05) is 0 Å². The second-order valence-corrected chi connectivity index (χ2v) is 10.2. The molecule has 0 aliphatic carbocycles. The highest BCUT2D eigenvalue weighted by Gasteiger charge is 2.46. The minimum absolute atomic E-state index is 0.0447. The number of rotatable bonds is 6. The Labute approximate surface area is 241 Å². The summed E-state index contributed by atoms with van der Waals surface area (Å²) in [6, 6.07) is 5.43. The third-order valence-electron chi connectivity index (χ3n) is 7.29. The van der Waals surface area contributed by atoms with Crippen LogP contribution in [0, 0.1) is 0 Å². The van der Waals surface area contributed by atoms with E-state index in [-0.39, 0.29) is 16.9 Å². The average molecular weight is 611 g/mol. The van der Waals surface area contributed by atoms with Gasteiger partial charge >= 0.3 is 0 Å². The summed E-state index contributed by atoms with van der Waals surface area (Å²) < 4.78 is 27.8. The predicted molar refractivity (Wildman–Crippen MR) is 140 cm³/mol. The van der Waals surface area contributed by atoms with Crippen molar-refractivity contribution in [1.82, 2.24) is 0 Å². The first-order valence-electron chi connectivity index (χ1n) is 13.0. The minimum atomic E-state index is -1.92. The van der Waals surface area contributed by atoms with Crippen molar-refractivity contribution >= 4 is 11.0 Å². The molecule has 5 rings (SSSR count). The Morgan fingerprint density at radius 1 is 0.744 bits per heavy atom. The smallest absolute Gasteiger partial charge is 0.239 e. The molecule has 2 aliphatic rings. The highest BCUT2D eigenvalue weighted by molar-refractivity contribution is 5.88. The van der Waals surface area contributed by atoms with Crippen molar-refractivity contribution in [3.05, 3.63) is 40.6 Å². The molecule has 3 heterocycles. The Morgan fingerprint density at radius 3 is 2.05 bits per heavy atom. The van der Waals surface area contributed by atoms with Crippen LogP contribution in [0.15, 0.2) is 39.5 Å². The molecule has 3 aromatic rings. The van der Waals surface area contributed by atoms with Gasteiger partial charge in [-0.2, -0.15) is 0 Å². The molecule has 0 spiro atoms. The van der Waals surface area contributed by atoms with Crippen LogP contribution in [0.3, 0.4) is 0 Å². The van der Waals surface area contributed by atoms with Crippen molar-refractivity contribution in [3.8, 4) is 40.1 Å². The number of aliphatic hydroxyl groups is 7. The normalized spacial score (nSPS) is 32.9. The van der Waals surface area contributed by atoms with E-state index >= 15 is 0 Å². The number of phenolic OH excluding ortho intramolecular Hbond substituents is 3. The van der Waals surface area contributed by atoms with Crippen LogP contribution in [0.5, 0.6) is 28.7 Å². The van der Waals surface area contributed by atoms with Gasteiger partial charge in [-0.05, 0) is 25.1 Å². The summed E-state index contributed by atoms with van der Waals surface area (Å²) in [5.41, 5.74) is -1.40. The standard InChI is InChI=1S/C27H30O16/c1-8-17(32)20(35)22(37)26(39-8)40-10-5-13(31)16-14(6-10)41-24(9-2-3-11(29)12(30)4-9)25(19(16)34)43-27-23(38)21(36)18(33)15(7-28)42-27/h2-6,8,15,17-18,20-23,26-33,35-38H,7H2,1H3/t8-,15-,17+,18+,20+,21+,22-,23-,26+,27+/m1/s1. The van der Waals surface area contributed by atoms with Crippen molar-refractivity contribution in [1.29, 1.82) is 0 Å². The fraction of sp³-hybridized carbons (Fsp3) is 0.444. The fourth-order valence-corrected chi connectivity index (χ4v) is 4.81. The lowest BCUT2D eigenvalue weighted by Gasteiger charge is -2.39. The Hall–Kier alpha value is -3.71. The first-order chi connectivity index (χ1) is 20.3. The van der Waals surface area contributed by atoms with Gasteiger partial charge in [0.05, 0.1) is 12.7 Å². The van der Waals surface area contributed by atoms with E-state index in [9.17, 15) is 55.9 Å². The molecule has 0 unspecified atom stereocenters. The van der Waals surface area contributed by atoms with Crippen molar-refractivity contribution in [2.45, 2.75) is 68.3 Å². The Morgan fingerprint density at radius 2 is 1.40 bits per heavy atom. The number of hydrogen-bond acceptors (Lipinski definition) is 16. The van der Waals surface area contributed by atoms with Gasteiger partial charge in [0.1, 0.15) is 65.2 Å². The molecular formula is C27H30O16. The van der Waals surface area contributed by atoms with Gasteiger partial charge < -0.3 is 74.4 Å². The second-order valence-electron chi connectivity index (χ2n) is 10.2. The summed E-state index contributed by atoms with van der Waals surface area (Å²) in [5.74, 6) is -3.14. The summed E-state index contributed by atoms with van der Waals surface area (Å²) in [5, 5.41) is 101. The summed E-state index contributed by atoms with van der Waals surface area (Å²) in [6.07, 6.45) is -15.9. The zero-order valence-corrected chi connectivity index (χ0v) is 22.3. The van der Waals surface area contributed by atoms with Crippen LogP contribution in [0.25, 0.3) is 22.3 Å². The topological polar surface area (TPSA) is 269 Å². The molecule has 0 saturated carbocycles. The van der Waals surface area contributed by atoms with Gasteiger partial charge in [0.15, 0.2) is 17.3 Å². The molecule has 2 fully saturated rings. The maximum atomic E-state index is 13.7. The molecule has 0 radical (unpaired) electrons. The van der Waals surface area contributed by atoms with Crippen LogP contribution in [-0.2, 0) is 9.47 Å². The highest BCUT2D eigenvalue weighted by Crippen LogP contribution is 2.40. The molecule has 16 nitrogen and oxygen atoms in total. The fourth-order valence-electron chi connectivity index (χ4n) is 4.81. The third kappa shape index (κ3) is 5.55. The van der Waals surface area contributed by atoms with Crippen LogP contribution >= 0.6 is 0 Å². The summed E-state index contributed by atoms with van der Waals surface area (Å²) in [7, 11) is 0. The van der Waals surface area contributed by atoms with E-state index < -0.39 is 108 Å². The highest BCUT2D eigenvalue weighted by atomic mass is 16.7. The third-order valence-corrected chi connectivity index (χ3v) is 7.29. The zero-order chi connectivity index (χ0) is 31.3. The quantitative estimate of drug-likeness (QED) is 0.135. The maximum Gasteiger partial charge on any atom is 0.239 e. The van der Waals surface area contributed by atoms with Crippen LogP contribution in [0.1, 0.15) is 6.92 Å². The van der Waals surface area contributed by atoms with E-state index in [0.29, 0.717) is 0 Å². The minimum Gasteiger partial charge on any atom is -0.507 e. The van der Waals surface area contributed by atoms with Crippen LogP contribution < -0.4 is 14.9 Å². The molecular weight excluding hydrogens is 580 g/mol. The number of fused-ring (bicyclic) bond motifs is 1. The largest absolute Gasteiger partial charge is 0.507 e. The van der Waals surface area contributed by atoms with Gasteiger partial charge in [-0.15, -0.1) is 0 Å². The lowest BCUT2D eigenvalue weighted by molar-refractivity contribution is -0.277. The molecule has 0 bridgehead atoms. The predicted octanol–water partition coefficient (Wildman–Crippen LogP) is -2.04. The van der Waals surface area contributed by atoms with Crippen molar-refractivity contribution in [3.63, 3.8) is 0 Å². The Kier molecular flexibility index (Phi) is 8.41. The molecule has 10 N–H and O–H groups in total. The SMILES string of the molecule is C[C@H]1O[C@@H](Oc2cc(O)c3c(=O)c(O[C@@H]4O[C@H](CO)[C@H](O)[C@H](O)[C@H]4O)c(-c4ccc(O)c(O)c4)oc3c2)[C@H](O)[C@@H](O)[C@H]1O. The molecule has 1 aromatic heterocycles. The molecule has 0 amide bonds. The molecule has 16 heteroatoms. The molecule has 10 atom stereocenters. The second kappa shape index (κ2) is 11.8.